The number of aromatic nitrogens is 3. The van der Waals surface area contributed by atoms with E-state index in [0.717, 1.165) is 10.1 Å². The third-order valence-corrected chi connectivity index (χ3v) is 5.11. The number of nitrogens with zero attached hydrogens (tertiary/aromatic N) is 3. The zero-order valence-electron chi connectivity index (χ0n) is 11.2. The summed E-state index contributed by atoms with van der Waals surface area (Å²) < 4.78 is 2.22. The molecule has 0 fully saturated rings. The van der Waals surface area contributed by atoms with E-state index in [9.17, 15) is 4.79 Å². The molecule has 0 aliphatic heterocycles. The van der Waals surface area contributed by atoms with Crippen LogP contribution in [0, 0.1) is 13.8 Å². The van der Waals surface area contributed by atoms with Gasteiger partial charge in [-0.1, -0.05) is 46.9 Å². The first kappa shape index (κ1) is 13.3. The summed E-state index contributed by atoms with van der Waals surface area (Å²) in [5, 5.41) is 4.30. The topological polar surface area (TPSA) is 47.3 Å². The molecule has 2 heterocycles. The summed E-state index contributed by atoms with van der Waals surface area (Å²) in [7, 11) is 0. The van der Waals surface area contributed by atoms with Crippen molar-refractivity contribution >= 4 is 28.1 Å². The van der Waals surface area contributed by atoms with E-state index in [-0.39, 0.29) is 5.56 Å². The van der Waals surface area contributed by atoms with Crippen LogP contribution in [0.4, 0.5) is 0 Å². The molecule has 0 radical (unpaired) electrons. The SMILES string of the molecule is Cc1ccc(C)c(CSc2nn3c(=O)ccnc3s2)c1. The molecule has 0 atom stereocenters. The monoisotopic (exact) mass is 303 g/mol. The smallest absolute Gasteiger partial charge is 0.267 e. The van der Waals surface area contributed by atoms with E-state index in [0.29, 0.717) is 4.96 Å². The van der Waals surface area contributed by atoms with Gasteiger partial charge in [0.05, 0.1) is 0 Å². The lowest BCUT2D eigenvalue weighted by molar-refractivity contribution is 0.857. The minimum Gasteiger partial charge on any atom is -0.267 e. The molecule has 0 aliphatic rings. The molecule has 0 saturated carbocycles. The number of fused-ring (bicyclic) bond motifs is 1. The van der Waals surface area contributed by atoms with E-state index in [1.165, 1.54) is 44.8 Å². The van der Waals surface area contributed by atoms with Crippen molar-refractivity contribution < 1.29 is 0 Å². The molecule has 102 valence electrons. The average Bonchev–Trinajstić information content (AvgIpc) is 2.84. The van der Waals surface area contributed by atoms with Gasteiger partial charge in [0.15, 0.2) is 4.34 Å². The number of hydrogen-bond acceptors (Lipinski definition) is 5. The lowest BCUT2D eigenvalue weighted by Crippen LogP contribution is -2.12. The standard InChI is InChI=1S/C14H13N3OS2/c1-9-3-4-10(2)11(7-9)8-19-14-16-17-12(18)5-6-15-13(17)20-14/h3-7H,8H2,1-2H3. The first-order valence-corrected chi connectivity index (χ1v) is 7.97. The molecule has 0 unspecified atom stereocenters. The maximum absolute atomic E-state index is 11.6. The van der Waals surface area contributed by atoms with Crippen molar-refractivity contribution in [3.63, 3.8) is 0 Å². The molecule has 0 amide bonds. The van der Waals surface area contributed by atoms with Crippen molar-refractivity contribution in [2.75, 3.05) is 0 Å². The van der Waals surface area contributed by atoms with Crippen LogP contribution >= 0.6 is 23.1 Å². The molecule has 3 rings (SSSR count). The second-order valence-corrected chi connectivity index (χ2v) is 6.74. The van der Waals surface area contributed by atoms with E-state index in [2.05, 4.69) is 42.1 Å². The van der Waals surface area contributed by atoms with Gasteiger partial charge < -0.3 is 0 Å². The Hall–Kier alpha value is -1.66. The minimum atomic E-state index is -0.134. The maximum atomic E-state index is 11.6. The van der Waals surface area contributed by atoms with Gasteiger partial charge in [-0.15, -0.1) is 5.10 Å². The molecule has 0 saturated heterocycles. The van der Waals surface area contributed by atoms with Crippen molar-refractivity contribution in [3.8, 4) is 0 Å². The van der Waals surface area contributed by atoms with Crippen LogP contribution in [0.5, 0.6) is 0 Å². The summed E-state index contributed by atoms with van der Waals surface area (Å²) in [6, 6.07) is 7.87. The second kappa shape index (κ2) is 5.38. The highest BCUT2D eigenvalue weighted by molar-refractivity contribution is 8.00. The van der Waals surface area contributed by atoms with Gasteiger partial charge in [-0.3, -0.25) is 4.79 Å². The van der Waals surface area contributed by atoms with E-state index in [1.807, 2.05) is 0 Å². The van der Waals surface area contributed by atoms with Crippen molar-refractivity contribution in [2.24, 2.45) is 0 Å². The number of aryl methyl sites for hydroxylation is 2. The molecule has 3 aromatic rings. The largest absolute Gasteiger partial charge is 0.275 e. The number of benzene rings is 1. The lowest BCUT2D eigenvalue weighted by Gasteiger charge is -2.05. The van der Waals surface area contributed by atoms with E-state index in [1.54, 1.807) is 11.8 Å². The summed E-state index contributed by atoms with van der Waals surface area (Å²) in [5.41, 5.74) is 3.70. The fraction of sp³-hybridized carbons (Fsp3) is 0.214. The van der Waals surface area contributed by atoms with Gasteiger partial charge in [0.2, 0.25) is 4.96 Å². The van der Waals surface area contributed by atoms with Crippen LogP contribution in [0.25, 0.3) is 4.96 Å². The molecule has 6 heteroatoms. The highest BCUT2D eigenvalue weighted by atomic mass is 32.2. The quantitative estimate of drug-likeness (QED) is 0.698. The maximum Gasteiger partial charge on any atom is 0.275 e. The molecular formula is C14H13N3OS2. The van der Waals surface area contributed by atoms with E-state index < -0.39 is 0 Å². The van der Waals surface area contributed by atoms with Gasteiger partial charge in [-0.25, -0.2) is 4.98 Å². The zero-order valence-corrected chi connectivity index (χ0v) is 12.8. The van der Waals surface area contributed by atoms with Crippen molar-refractivity contribution in [2.45, 2.75) is 23.9 Å². The summed E-state index contributed by atoms with van der Waals surface area (Å²) in [4.78, 5) is 16.4. The molecule has 0 bridgehead atoms. The Balaban J connectivity index is 1.85. The summed E-state index contributed by atoms with van der Waals surface area (Å²) in [5.74, 6) is 0.849. The second-order valence-electron chi connectivity index (χ2n) is 4.56. The predicted octanol–water partition coefficient (Wildman–Crippen LogP) is 3.06. The third-order valence-electron chi connectivity index (χ3n) is 3.01. The van der Waals surface area contributed by atoms with Crippen LogP contribution in [-0.2, 0) is 5.75 Å². The molecule has 1 aromatic carbocycles. The van der Waals surface area contributed by atoms with Gasteiger partial charge in [0.1, 0.15) is 0 Å². The van der Waals surface area contributed by atoms with Crippen LogP contribution in [0.15, 0.2) is 39.6 Å². The Bertz CT molecular complexity index is 823. The molecule has 0 N–H and O–H groups in total. The normalized spacial score (nSPS) is 11.1. The Morgan fingerprint density at radius 3 is 2.95 bits per heavy atom. The number of rotatable bonds is 3. The van der Waals surface area contributed by atoms with Crippen molar-refractivity contribution in [1.29, 1.82) is 0 Å². The molecule has 0 aliphatic carbocycles. The van der Waals surface area contributed by atoms with Crippen LogP contribution in [0.2, 0.25) is 0 Å². The summed E-state index contributed by atoms with van der Waals surface area (Å²) >= 11 is 3.08. The lowest BCUT2D eigenvalue weighted by atomic mass is 10.1. The zero-order chi connectivity index (χ0) is 14.1. The predicted molar refractivity (Wildman–Crippen MR) is 82.6 cm³/mol. The fourth-order valence-electron chi connectivity index (χ4n) is 1.88. The first-order chi connectivity index (χ1) is 9.63. The van der Waals surface area contributed by atoms with Crippen LogP contribution in [-0.4, -0.2) is 14.6 Å². The van der Waals surface area contributed by atoms with Crippen LogP contribution < -0.4 is 5.56 Å². The fourth-order valence-corrected chi connectivity index (χ4v) is 3.85. The van der Waals surface area contributed by atoms with Gasteiger partial charge in [0, 0.05) is 18.0 Å². The average molecular weight is 303 g/mol. The number of thioether (sulfide) groups is 1. The Labute approximate surface area is 124 Å². The molecule has 0 spiro atoms. The minimum absolute atomic E-state index is 0.134. The Kier molecular flexibility index (Phi) is 3.58. The molecular weight excluding hydrogens is 290 g/mol. The van der Waals surface area contributed by atoms with Gasteiger partial charge in [-0.2, -0.15) is 4.52 Å². The van der Waals surface area contributed by atoms with Crippen LogP contribution in [0.1, 0.15) is 16.7 Å². The van der Waals surface area contributed by atoms with Crippen molar-refractivity contribution in [3.05, 3.63) is 57.5 Å². The highest BCUT2D eigenvalue weighted by Crippen LogP contribution is 2.27. The van der Waals surface area contributed by atoms with Gasteiger partial charge in [0.25, 0.3) is 5.56 Å². The Morgan fingerprint density at radius 1 is 1.30 bits per heavy atom. The highest BCUT2D eigenvalue weighted by Gasteiger charge is 2.08. The summed E-state index contributed by atoms with van der Waals surface area (Å²) in [6.45, 7) is 4.20. The number of hydrogen-bond donors (Lipinski definition) is 0. The molecule has 4 nitrogen and oxygen atoms in total. The van der Waals surface area contributed by atoms with Crippen LogP contribution in [0.3, 0.4) is 0 Å². The van der Waals surface area contributed by atoms with Crippen molar-refractivity contribution in [1.82, 2.24) is 14.6 Å². The van der Waals surface area contributed by atoms with Gasteiger partial charge in [-0.05, 0) is 25.0 Å². The first-order valence-electron chi connectivity index (χ1n) is 6.17. The van der Waals surface area contributed by atoms with E-state index >= 15 is 0 Å². The summed E-state index contributed by atoms with van der Waals surface area (Å²) in [6.07, 6.45) is 1.52. The van der Waals surface area contributed by atoms with E-state index in [4.69, 9.17) is 0 Å². The molecule has 2 aromatic heterocycles. The van der Waals surface area contributed by atoms with Gasteiger partial charge >= 0.3 is 0 Å². The third kappa shape index (κ3) is 2.62. The Morgan fingerprint density at radius 2 is 2.15 bits per heavy atom. The molecule has 20 heavy (non-hydrogen) atoms.